The number of carbonyl (C=O) groups is 1. The number of nitrogens with two attached hydrogens (primary N) is 1. The Hall–Kier alpha value is -3.08. The fourth-order valence-corrected chi connectivity index (χ4v) is 2.04. The fraction of sp³-hybridized carbons (Fsp3) is 0. The molecule has 0 aliphatic rings. The Morgan fingerprint density at radius 1 is 1.05 bits per heavy atom. The third-order valence-corrected chi connectivity index (χ3v) is 3.03. The van der Waals surface area contributed by atoms with Gasteiger partial charge in [-0.3, -0.25) is 4.79 Å². The smallest absolute Gasteiger partial charge is 0.349 e. The van der Waals surface area contributed by atoms with Crippen LogP contribution in [0.1, 0.15) is 10.4 Å². The van der Waals surface area contributed by atoms with Crippen molar-refractivity contribution in [1.82, 2.24) is 0 Å². The summed E-state index contributed by atoms with van der Waals surface area (Å²) in [6, 6.07) is 15.3. The van der Waals surface area contributed by atoms with Crippen molar-refractivity contribution in [3.05, 3.63) is 70.6 Å². The maximum atomic E-state index is 12.2. The van der Waals surface area contributed by atoms with Crippen molar-refractivity contribution in [1.29, 1.82) is 0 Å². The molecule has 3 N–H and O–H groups in total. The molecule has 0 aliphatic carbocycles. The van der Waals surface area contributed by atoms with E-state index in [9.17, 15) is 9.59 Å². The predicted molar refractivity (Wildman–Crippen MR) is 81.3 cm³/mol. The van der Waals surface area contributed by atoms with Gasteiger partial charge in [0.1, 0.15) is 11.1 Å². The highest BCUT2D eigenvalue weighted by molar-refractivity contribution is 6.05. The number of hydrogen-bond donors (Lipinski definition) is 2. The summed E-state index contributed by atoms with van der Waals surface area (Å²) in [5.74, 6) is -0.528. The van der Waals surface area contributed by atoms with Gasteiger partial charge in [-0.15, -0.1) is 0 Å². The first-order valence-electron chi connectivity index (χ1n) is 6.33. The van der Waals surface area contributed by atoms with Crippen molar-refractivity contribution in [2.75, 3.05) is 11.1 Å². The average molecular weight is 280 g/mol. The van der Waals surface area contributed by atoms with Crippen molar-refractivity contribution < 1.29 is 9.21 Å². The van der Waals surface area contributed by atoms with Crippen molar-refractivity contribution >= 4 is 28.3 Å². The lowest BCUT2D eigenvalue weighted by Gasteiger charge is -2.05. The number of amides is 1. The minimum absolute atomic E-state index is 0.0453. The predicted octanol–water partition coefficient (Wildman–Crippen LogP) is 2.63. The Kier molecular flexibility index (Phi) is 3.16. The Morgan fingerprint density at radius 3 is 2.67 bits per heavy atom. The Labute approximate surface area is 120 Å². The minimum atomic E-state index is -0.671. The zero-order chi connectivity index (χ0) is 14.8. The van der Waals surface area contributed by atoms with E-state index >= 15 is 0 Å². The SMILES string of the molecule is Nc1cccc(NC(=O)c2cc3ccccc3oc2=O)c1. The van der Waals surface area contributed by atoms with Gasteiger partial charge in [-0.25, -0.2) is 4.79 Å². The number of anilines is 2. The van der Waals surface area contributed by atoms with Crippen molar-refractivity contribution in [3.63, 3.8) is 0 Å². The Balaban J connectivity index is 1.98. The van der Waals surface area contributed by atoms with Gasteiger partial charge < -0.3 is 15.5 Å². The van der Waals surface area contributed by atoms with Crippen LogP contribution in [0, 0.1) is 0 Å². The van der Waals surface area contributed by atoms with E-state index in [-0.39, 0.29) is 5.56 Å². The van der Waals surface area contributed by atoms with Crippen LogP contribution in [0.4, 0.5) is 11.4 Å². The van der Waals surface area contributed by atoms with Gasteiger partial charge in [0.2, 0.25) is 0 Å². The first kappa shape index (κ1) is 12.9. The Morgan fingerprint density at radius 2 is 1.86 bits per heavy atom. The van der Waals surface area contributed by atoms with E-state index in [0.29, 0.717) is 22.3 Å². The maximum absolute atomic E-state index is 12.2. The number of rotatable bonds is 2. The number of carbonyl (C=O) groups excluding carboxylic acids is 1. The van der Waals surface area contributed by atoms with E-state index in [2.05, 4.69) is 5.32 Å². The topological polar surface area (TPSA) is 85.3 Å². The molecule has 0 bridgehead atoms. The molecular weight excluding hydrogens is 268 g/mol. The minimum Gasteiger partial charge on any atom is -0.422 e. The molecule has 0 fully saturated rings. The summed E-state index contributed by atoms with van der Waals surface area (Å²) in [4.78, 5) is 24.1. The van der Waals surface area contributed by atoms with Crippen LogP contribution in [0.15, 0.2) is 63.8 Å². The maximum Gasteiger partial charge on any atom is 0.349 e. The van der Waals surface area contributed by atoms with Crippen LogP contribution in [0.3, 0.4) is 0 Å². The number of nitrogen functional groups attached to an aromatic ring is 1. The summed E-state index contributed by atoms with van der Waals surface area (Å²) in [5.41, 5.74) is 6.42. The van der Waals surface area contributed by atoms with Gasteiger partial charge in [0.15, 0.2) is 0 Å². The lowest BCUT2D eigenvalue weighted by Crippen LogP contribution is -2.20. The molecule has 0 saturated heterocycles. The summed E-state index contributed by atoms with van der Waals surface area (Å²) in [5, 5.41) is 3.32. The summed E-state index contributed by atoms with van der Waals surface area (Å²) in [7, 11) is 0. The molecule has 0 unspecified atom stereocenters. The van der Waals surface area contributed by atoms with E-state index in [4.69, 9.17) is 10.2 Å². The molecule has 1 heterocycles. The van der Waals surface area contributed by atoms with E-state index in [1.807, 2.05) is 6.07 Å². The van der Waals surface area contributed by atoms with Crippen molar-refractivity contribution in [2.24, 2.45) is 0 Å². The van der Waals surface area contributed by atoms with E-state index in [1.54, 1.807) is 42.5 Å². The van der Waals surface area contributed by atoms with Gasteiger partial charge in [-0.2, -0.15) is 0 Å². The van der Waals surface area contributed by atoms with Crippen molar-refractivity contribution in [3.8, 4) is 0 Å². The number of para-hydroxylation sites is 1. The second-order valence-corrected chi connectivity index (χ2v) is 4.56. The Bertz CT molecular complexity index is 884. The summed E-state index contributed by atoms with van der Waals surface area (Å²) in [6.07, 6.45) is 0. The van der Waals surface area contributed by atoms with Crippen LogP contribution in [0.25, 0.3) is 11.0 Å². The molecule has 3 aromatic rings. The van der Waals surface area contributed by atoms with E-state index < -0.39 is 11.5 Å². The summed E-state index contributed by atoms with van der Waals surface area (Å²) < 4.78 is 5.13. The van der Waals surface area contributed by atoms with Crippen LogP contribution in [-0.4, -0.2) is 5.91 Å². The first-order valence-corrected chi connectivity index (χ1v) is 6.33. The van der Waals surface area contributed by atoms with Gasteiger partial charge in [0, 0.05) is 16.8 Å². The fourth-order valence-electron chi connectivity index (χ4n) is 2.04. The third kappa shape index (κ3) is 2.62. The summed E-state index contributed by atoms with van der Waals surface area (Å²) >= 11 is 0. The van der Waals surface area contributed by atoms with Crippen LogP contribution in [0.5, 0.6) is 0 Å². The van der Waals surface area contributed by atoms with Gasteiger partial charge >= 0.3 is 5.63 Å². The van der Waals surface area contributed by atoms with Crippen molar-refractivity contribution in [2.45, 2.75) is 0 Å². The van der Waals surface area contributed by atoms with Crippen LogP contribution in [-0.2, 0) is 0 Å². The normalized spacial score (nSPS) is 10.5. The average Bonchev–Trinajstić information content (AvgIpc) is 2.46. The lowest BCUT2D eigenvalue weighted by atomic mass is 10.1. The second-order valence-electron chi connectivity index (χ2n) is 4.56. The molecule has 1 amide bonds. The van der Waals surface area contributed by atoms with Gasteiger partial charge in [-0.1, -0.05) is 24.3 Å². The van der Waals surface area contributed by atoms with Crippen LogP contribution < -0.4 is 16.7 Å². The van der Waals surface area contributed by atoms with E-state index in [0.717, 1.165) is 0 Å². The quantitative estimate of drug-likeness (QED) is 0.558. The third-order valence-electron chi connectivity index (χ3n) is 3.03. The molecule has 0 radical (unpaired) electrons. The molecule has 0 spiro atoms. The van der Waals surface area contributed by atoms with Gasteiger partial charge in [0.05, 0.1) is 0 Å². The molecular formula is C16H12N2O3. The number of hydrogen-bond acceptors (Lipinski definition) is 4. The molecule has 0 saturated carbocycles. The standard InChI is InChI=1S/C16H12N2O3/c17-11-5-3-6-12(9-11)18-15(19)13-8-10-4-1-2-7-14(10)21-16(13)20/h1-9H,17H2,(H,18,19). The van der Waals surface area contributed by atoms with E-state index in [1.165, 1.54) is 6.07 Å². The molecule has 21 heavy (non-hydrogen) atoms. The zero-order valence-corrected chi connectivity index (χ0v) is 11.0. The first-order chi connectivity index (χ1) is 10.1. The highest BCUT2D eigenvalue weighted by atomic mass is 16.4. The zero-order valence-electron chi connectivity index (χ0n) is 11.0. The van der Waals surface area contributed by atoms with Gasteiger partial charge in [-0.05, 0) is 30.3 Å². The molecule has 0 atom stereocenters. The molecule has 2 aromatic carbocycles. The molecule has 1 aromatic heterocycles. The number of benzene rings is 2. The lowest BCUT2D eigenvalue weighted by molar-refractivity contribution is 0.102. The van der Waals surface area contributed by atoms with Crippen LogP contribution in [0.2, 0.25) is 0 Å². The molecule has 104 valence electrons. The monoisotopic (exact) mass is 280 g/mol. The van der Waals surface area contributed by atoms with Crippen LogP contribution >= 0.6 is 0 Å². The molecule has 5 nitrogen and oxygen atoms in total. The molecule has 3 rings (SSSR count). The molecule has 0 aliphatic heterocycles. The summed E-state index contributed by atoms with van der Waals surface area (Å²) in [6.45, 7) is 0. The second kappa shape index (κ2) is 5.13. The van der Waals surface area contributed by atoms with Gasteiger partial charge in [0.25, 0.3) is 5.91 Å². The highest BCUT2D eigenvalue weighted by Gasteiger charge is 2.13. The largest absolute Gasteiger partial charge is 0.422 e. The number of fused-ring (bicyclic) bond motifs is 1. The highest BCUT2D eigenvalue weighted by Crippen LogP contribution is 2.15. The molecule has 5 heteroatoms. The number of nitrogens with one attached hydrogen (secondary N) is 1.